The molecule has 0 unspecified atom stereocenters. The molecule has 0 bridgehead atoms. The van der Waals surface area contributed by atoms with Crippen LogP contribution in [0.15, 0.2) is 0 Å². The summed E-state index contributed by atoms with van der Waals surface area (Å²) < 4.78 is 26.7. The van der Waals surface area contributed by atoms with E-state index in [-0.39, 0.29) is 0 Å². The highest BCUT2D eigenvalue weighted by Crippen LogP contribution is 2.22. The third-order valence-electron chi connectivity index (χ3n) is 2.31. The zero-order chi connectivity index (χ0) is 15.8. The van der Waals surface area contributed by atoms with E-state index in [4.69, 9.17) is 23.7 Å². The molecule has 5 nitrogen and oxygen atoms in total. The number of rotatable bonds is 15. The molecule has 0 aromatic carbocycles. The summed E-state index contributed by atoms with van der Waals surface area (Å²) in [7, 11) is 1.66. The maximum Gasteiger partial charge on any atom is 0.0701 e. The molecule has 0 atom stereocenters. The van der Waals surface area contributed by atoms with Crippen LogP contribution in [0.4, 0.5) is 0 Å². The largest absolute Gasteiger partial charge is 0.382 e. The van der Waals surface area contributed by atoms with Crippen LogP contribution in [0, 0.1) is 0 Å². The van der Waals surface area contributed by atoms with Gasteiger partial charge in [-0.15, -0.1) is 0 Å². The Morgan fingerprint density at radius 1 is 0.619 bits per heavy atom. The average molecular weight is 324 g/mol. The predicted molar refractivity (Wildman–Crippen MR) is 87.4 cm³/mol. The van der Waals surface area contributed by atoms with Crippen molar-refractivity contribution in [3.8, 4) is 0 Å². The Kier molecular flexibility index (Phi) is 15.2. The van der Waals surface area contributed by atoms with Crippen LogP contribution < -0.4 is 0 Å². The fraction of sp³-hybridized carbons (Fsp3) is 1.00. The van der Waals surface area contributed by atoms with Crippen LogP contribution in [0.25, 0.3) is 0 Å². The normalized spacial score (nSPS) is 12.0. The summed E-state index contributed by atoms with van der Waals surface area (Å²) in [6.45, 7) is 12.3. The van der Waals surface area contributed by atoms with Gasteiger partial charge in [0, 0.05) is 17.6 Å². The van der Waals surface area contributed by atoms with Gasteiger partial charge in [-0.3, -0.25) is 0 Å². The van der Waals surface area contributed by atoms with E-state index >= 15 is 0 Å². The highest BCUT2D eigenvalue weighted by atomic mass is 32.2. The summed E-state index contributed by atoms with van der Waals surface area (Å²) in [5, 5.41) is 0. The van der Waals surface area contributed by atoms with Crippen molar-refractivity contribution in [2.45, 2.75) is 25.5 Å². The monoisotopic (exact) mass is 324 g/mol. The summed E-state index contributed by atoms with van der Waals surface area (Å²) >= 11 is 1.91. The molecule has 0 radical (unpaired) electrons. The van der Waals surface area contributed by atoms with E-state index in [9.17, 15) is 0 Å². The first-order valence-corrected chi connectivity index (χ1v) is 8.48. The maximum absolute atomic E-state index is 5.49. The van der Waals surface area contributed by atoms with Crippen LogP contribution >= 0.6 is 11.8 Å². The van der Waals surface area contributed by atoms with Gasteiger partial charge in [-0.1, -0.05) is 20.8 Å². The minimum absolute atomic E-state index is 0.310. The standard InChI is InChI=1S/C15H32O5S/c1-15(2,3)21-14-13-20-12-11-19-10-9-18-8-7-17-6-5-16-4/h5-14H2,1-4H3. The maximum atomic E-state index is 5.49. The topological polar surface area (TPSA) is 46.2 Å². The van der Waals surface area contributed by atoms with Crippen molar-refractivity contribution in [1.82, 2.24) is 0 Å². The van der Waals surface area contributed by atoms with Gasteiger partial charge in [0.15, 0.2) is 0 Å². The van der Waals surface area contributed by atoms with E-state index < -0.39 is 0 Å². The molecule has 0 aliphatic heterocycles. The summed E-state index contributed by atoms with van der Waals surface area (Å²) in [6, 6.07) is 0. The molecule has 0 amide bonds. The lowest BCUT2D eigenvalue weighted by Crippen LogP contribution is -2.14. The Morgan fingerprint density at radius 2 is 1.00 bits per heavy atom. The summed E-state index contributed by atoms with van der Waals surface area (Å²) in [6.07, 6.45) is 0. The van der Waals surface area contributed by atoms with Crippen LogP contribution in [0.1, 0.15) is 20.8 Å². The number of hydrogen-bond acceptors (Lipinski definition) is 6. The summed E-state index contributed by atoms with van der Waals surface area (Å²) in [5.41, 5.74) is 0. The number of ether oxygens (including phenoxy) is 5. The fourth-order valence-corrected chi connectivity index (χ4v) is 2.12. The molecule has 0 spiro atoms. The average Bonchev–Trinajstić information content (AvgIpc) is 2.42. The molecule has 0 aromatic rings. The second-order valence-corrected chi connectivity index (χ2v) is 7.32. The van der Waals surface area contributed by atoms with E-state index in [1.165, 1.54) is 0 Å². The molecule has 0 heterocycles. The van der Waals surface area contributed by atoms with Crippen LogP contribution in [-0.4, -0.2) is 77.1 Å². The lowest BCUT2D eigenvalue weighted by atomic mass is 10.3. The van der Waals surface area contributed by atoms with Gasteiger partial charge in [-0.05, 0) is 0 Å². The minimum atomic E-state index is 0.310. The van der Waals surface area contributed by atoms with Crippen molar-refractivity contribution in [1.29, 1.82) is 0 Å². The van der Waals surface area contributed by atoms with E-state index in [1.54, 1.807) is 7.11 Å². The molecule has 0 fully saturated rings. The van der Waals surface area contributed by atoms with Crippen molar-refractivity contribution in [2.75, 3.05) is 72.3 Å². The highest BCUT2D eigenvalue weighted by molar-refractivity contribution is 8.00. The smallest absolute Gasteiger partial charge is 0.0701 e. The van der Waals surface area contributed by atoms with Gasteiger partial charge in [-0.25, -0.2) is 0 Å². The molecule has 0 saturated heterocycles. The molecule has 128 valence electrons. The third-order valence-corrected chi connectivity index (χ3v) is 3.55. The molecular formula is C15H32O5S. The molecule has 0 saturated carbocycles. The Bertz CT molecular complexity index is 209. The highest BCUT2D eigenvalue weighted by Gasteiger charge is 2.09. The first-order valence-electron chi connectivity index (χ1n) is 7.50. The third kappa shape index (κ3) is 20.1. The Balaban J connectivity index is 3.00. The lowest BCUT2D eigenvalue weighted by molar-refractivity contribution is -0.00661. The Hall–Kier alpha value is 0.150. The Morgan fingerprint density at radius 3 is 1.38 bits per heavy atom. The van der Waals surface area contributed by atoms with Gasteiger partial charge in [0.1, 0.15) is 0 Å². The number of thioether (sulfide) groups is 1. The number of methoxy groups -OCH3 is 1. The van der Waals surface area contributed by atoms with E-state index in [0.717, 1.165) is 12.4 Å². The molecule has 0 aliphatic rings. The van der Waals surface area contributed by atoms with Gasteiger partial charge in [0.25, 0.3) is 0 Å². The second kappa shape index (κ2) is 15.1. The van der Waals surface area contributed by atoms with Crippen molar-refractivity contribution < 1.29 is 23.7 Å². The quantitative estimate of drug-likeness (QED) is 0.431. The van der Waals surface area contributed by atoms with Crippen LogP contribution in [0.3, 0.4) is 0 Å². The SMILES string of the molecule is COCCOCCOCCOCCOCCSC(C)(C)C. The first-order chi connectivity index (χ1) is 10.1. The molecule has 0 rings (SSSR count). The van der Waals surface area contributed by atoms with Crippen molar-refractivity contribution >= 4 is 11.8 Å². The molecule has 6 heteroatoms. The fourth-order valence-electron chi connectivity index (χ4n) is 1.31. The predicted octanol–water partition coefficient (Wildman–Crippen LogP) is 2.23. The van der Waals surface area contributed by atoms with Crippen LogP contribution in [-0.2, 0) is 23.7 Å². The summed E-state index contributed by atoms with van der Waals surface area (Å²) in [4.78, 5) is 0. The van der Waals surface area contributed by atoms with Gasteiger partial charge in [-0.2, -0.15) is 11.8 Å². The second-order valence-electron chi connectivity index (χ2n) is 5.40. The molecule has 0 N–H and O–H groups in total. The van der Waals surface area contributed by atoms with Gasteiger partial charge < -0.3 is 23.7 Å². The van der Waals surface area contributed by atoms with E-state index in [0.29, 0.717) is 57.6 Å². The number of hydrogen-bond donors (Lipinski definition) is 0. The van der Waals surface area contributed by atoms with Crippen LogP contribution in [0.5, 0.6) is 0 Å². The van der Waals surface area contributed by atoms with Gasteiger partial charge >= 0.3 is 0 Å². The van der Waals surface area contributed by atoms with Crippen molar-refractivity contribution in [3.63, 3.8) is 0 Å². The van der Waals surface area contributed by atoms with Gasteiger partial charge in [0.2, 0.25) is 0 Å². The van der Waals surface area contributed by atoms with E-state index in [2.05, 4.69) is 20.8 Å². The zero-order valence-corrected chi connectivity index (χ0v) is 14.8. The Labute approximate surface area is 134 Å². The lowest BCUT2D eigenvalue weighted by Gasteiger charge is -2.17. The van der Waals surface area contributed by atoms with E-state index in [1.807, 2.05) is 11.8 Å². The molecule has 0 aromatic heterocycles. The molecule has 0 aliphatic carbocycles. The van der Waals surface area contributed by atoms with Gasteiger partial charge in [0.05, 0.1) is 59.5 Å². The van der Waals surface area contributed by atoms with Crippen LogP contribution in [0.2, 0.25) is 0 Å². The van der Waals surface area contributed by atoms with Crippen molar-refractivity contribution in [2.24, 2.45) is 0 Å². The minimum Gasteiger partial charge on any atom is -0.382 e. The first kappa shape index (κ1) is 21.1. The molecular weight excluding hydrogens is 292 g/mol. The van der Waals surface area contributed by atoms with Crippen molar-refractivity contribution in [3.05, 3.63) is 0 Å². The molecule has 21 heavy (non-hydrogen) atoms. The summed E-state index contributed by atoms with van der Waals surface area (Å²) in [5.74, 6) is 1.02. The zero-order valence-electron chi connectivity index (χ0n) is 14.0.